The molecule has 0 amide bonds. The molecule has 2 heteroatoms. The van der Waals surface area contributed by atoms with Crippen molar-refractivity contribution in [3.8, 4) is 0 Å². The lowest BCUT2D eigenvalue weighted by molar-refractivity contribution is 0.133. The fourth-order valence-corrected chi connectivity index (χ4v) is 1.40. The number of hydrogen-bond acceptors (Lipinski definition) is 1. The fraction of sp³-hybridized carbons (Fsp3) is 0.333. The summed E-state index contributed by atoms with van der Waals surface area (Å²) in [5.74, 6) is -0.127. The Morgan fingerprint density at radius 2 is 2.18 bits per heavy atom. The third-order valence-electron chi connectivity index (χ3n) is 1.94. The van der Waals surface area contributed by atoms with Gasteiger partial charge in [0.2, 0.25) is 0 Å². The molecule has 0 spiro atoms. The maximum atomic E-state index is 13.1. The first kappa shape index (κ1) is 6.80. The molecule has 11 heavy (non-hydrogen) atoms. The van der Waals surface area contributed by atoms with Crippen molar-refractivity contribution >= 4 is 0 Å². The largest absolute Gasteiger partial charge is 0.372 e. The summed E-state index contributed by atoms with van der Waals surface area (Å²) in [5.41, 5.74) is 2.70. The predicted molar refractivity (Wildman–Crippen MR) is 39.6 cm³/mol. The highest BCUT2D eigenvalue weighted by Crippen LogP contribution is 2.23. The predicted octanol–water partition coefficient (Wildman–Crippen LogP) is 2.16. The van der Waals surface area contributed by atoms with Gasteiger partial charge < -0.3 is 4.74 Å². The van der Waals surface area contributed by atoms with Gasteiger partial charge in [-0.25, -0.2) is 4.39 Å². The van der Waals surface area contributed by atoms with Crippen molar-refractivity contribution < 1.29 is 9.13 Å². The van der Waals surface area contributed by atoms with E-state index in [-0.39, 0.29) is 5.82 Å². The van der Waals surface area contributed by atoms with Crippen LogP contribution in [0.1, 0.15) is 16.7 Å². The molecular formula is C9H9FO. The van der Waals surface area contributed by atoms with Crippen LogP contribution in [-0.4, -0.2) is 0 Å². The molecule has 0 saturated heterocycles. The first-order valence-electron chi connectivity index (χ1n) is 3.63. The molecule has 0 N–H and O–H groups in total. The highest BCUT2D eigenvalue weighted by molar-refractivity contribution is 5.33. The summed E-state index contributed by atoms with van der Waals surface area (Å²) in [4.78, 5) is 0. The van der Waals surface area contributed by atoms with Gasteiger partial charge in [0, 0.05) is 5.56 Å². The highest BCUT2D eigenvalue weighted by atomic mass is 19.1. The lowest BCUT2D eigenvalue weighted by Gasteiger charge is -1.99. The van der Waals surface area contributed by atoms with E-state index in [4.69, 9.17) is 4.74 Å². The minimum Gasteiger partial charge on any atom is -0.372 e. The van der Waals surface area contributed by atoms with Gasteiger partial charge in [0.15, 0.2) is 0 Å². The molecular weight excluding hydrogens is 143 g/mol. The standard InChI is InChI=1S/C9H9FO/c1-6-2-7-4-11-5-8(7)9(10)3-6/h2-3H,4-5H2,1H3. The summed E-state index contributed by atoms with van der Waals surface area (Å²) in [6.45, 7) is 2.89. The molecule has 1 aromatic carbocycles. The van der Waals surface area contributed by atoms with Crippen LogP contribution in [0, 0.1) is 12.7 Å². The third kappa shape index (κ3) is 1.03. The van der Waals surface area contributed by atoms with Gasteiger partial charge in [0.25, 0.3) is 0 Å². The van der Waals surface area contributed by atoms with Crippen LogP contribution >= 0.6 is 0 Å². The van der Waals surface area contributed by atoms with Crippen molar-refractivity contribution in [2.24, 2.45) is 0 Å². The fourth-order valence-electron chi connectivity index (χ4n) is 1.40. The average molecular weight is 152 g/mol. The Morgan fingerprint density at radius 1 is 1.36 bits per heavy atom. The average Bonchev–Trinajstić information content (AvgIpc) is 2.34. The van der Waals surface area contributed by atoms with Crippen LogP contribution in [0.15, 0.2) is 12.1 Å². The Kier molecular flexibility index (Phi) is 1.43. The molecule has 0 aliphatic carbocycles. The van der Waals surface area contributed by atoms with Crippen LogP contribution in [0.5, 0.6) is 0 Å². The second-order valence-corrected chi connectivity index (χ2v) is 2.88. The molecule has 1 heterocycles. The Hall–Kier alpha value is -0.890. The quantitative estimate of drug-likeness (QED) is 0.553. The molecule has 0 unspecified atom stereocenters. The lowest BCUT2D eigenvalue weighted by Crippen LogP contribution is -1.89. The van der Waals surface area contributed by atoms with E-state index in [2.05, 4.69) is 0 Å². The van der Waals surface area contributed by atoms with E-state index in [0.29, 0.717) is 13.2 Å². The monoisotopic (exact) mass is 152 g/mol. The zero-order valence-corrected chi connectivity index (χ0v) is 6.36. The maximum absolute atomic E-state index is 13.1. The molecule has 1 aliphatic heterocycles. The van der Waals surface area contributed by atoms with Gasteiger partial charge >= 0.3 is 0 Å². The summed E-state index contributed by atoms with van der Waals surface area (Å²) in [6, 6.07) is 3.53. The molecule has 1 nitrogen and oxygen atoms in total. The SMILES string of the molecule is Cc1cc(F)c2c(c1)COC2. The zero-order chi connectivity index (χ0) is 7.84. The second-order valence-electron chi connectivity index (χ2n) is 2.88. The van der Waals surface area contributed by atoms with Crippen LogP contribution in [0.4, 0.5) is 4.39 Å². The van der Waals surface area contributed by atoms with E-state index in [1.165, 1.54) is 0 Å². The van der Waals surface area contributed by atoms with Gasteiger partial charge in [0.1, 0.15) is 5.82 Å². The molecule has 0 fully saturated rings. The van der Waals surface area contributed by atoms with Gasteiger partial charge in [-0.2, -0.15) is 0 Å². The van der Waals surface area contributed by atoms with Crippen molar-refractivity contribution in [3.63, 3.8) is 0 Å². The van der Waals surface area contributed by atoms with E-state index >= 15 is 0 Å². The molecule has 0 atom stereocenters. The highest BCUT2D eigenvalue weighted by Gasteiger charge is 2.15. The zero-order valence-electron chi connectivity index (χ0n) is 6.36. The number of halogens is 1. The van der Waals surface area contributed by atoms with Gasteiger partial charge in [-0.15, -0.1) is 0 Å². The van der Waals surface area contributed by atoms with Crippen molar-refractivity contribution in [1.82, 2.24) is 0 Å². The Balaban J connectivity index is 2.60. The van der Waals surface area contributed by atoms with Gasteiger partial charge in [-0.1, -0.05) is 6.07 Å². The number of ether oxygens (including phenoxy) is 1. The Labute approximate surface area is 64.8 Å². The number of benzene rings is 1. The summed E-state index contributed by atoms with van der Waals surface area (Å²) in [5, 5.41) is 0. The molecule has 1 aliphatic rings. The Morgan fingerprint density at radius 3 is 3.00 bits per heavy atom. The van der Waals surface area contributed by atoms with Crippen molar-refractivity contribution in [2.45, 2.75) is 20.1 Å². The Bertz CT molecular complexity index is 294. The van der Waals surface area contributed by atoms with E-state index in [0.717, 1.165) is 16.7 Å². The van der Waals surface area contributed by atoms with Crippen molar-refractivity contribution in [3.05, 3.63) is 34.6 Å². The third-order valence-corrected chi connectivity index (χ3v) is 1.94. The van der Waals surface area contributed by atoms with Crippen LogP contribution in [0.25, 0.3) is 0 Å². The summed E-state index contributed by atoms with van der Waals surface area (Å²) < 4.78 is 18.2. The second kappa shape index (κ2) is 2.31. The number of hydrogen-bond donors (Lipinski definition) is 0. The van der Waals surface area contributed by atoms with E-state index in [1.54, 1.807) is 6.07 Å². The smallest absolute Gasteiger partial charge is 0.129 e. The van der Waals surface area contributed by atoms with Crippen LogP contribution in [-0.2, 0) is 18.0 Å². The molecule has 0 aromatic heterocycles. The number of aryl methyl sites for hydroxylation is 1. The van der Waals surface area contributed by atoms with E-state index in [1.807, 2.05) is 13.0 Å². The van der Waals surface area contributed by atoms with Gasteiger partial charge in [0.05, 0.1) is 13.2 Å². The van der Waals surface area contributed by atoms with Crippen LogP contribution < -0.4 is 0 Å². The number of rotatable bonds is 0. The summed E-state index contributed by atoms with van der Waals surface area (Å²) >= 11 is 0. The number of fused-ring (bicyclic) bond motifs is 1. The lowest BCUT2D eigenvalue weighted by atomic mass is 10.1. The molecule has 1 aromatic rings. The van der Waals surface area contributed by atoms with E-state index in [9.17, 15) is 4.39 Å². The van der Waals surface area contributed by atoms with Crippen LogP contribution in [0.3, 0.4) is 0 Å². The minimum absolute atomic E-state index is 0.127. The summed E-state index contributed by atoms with van der Waals surface area (Å²) in [7, 11) is 0. The first-order chi connectivity index (χ1) is 5.27. The summed E-state index contributed by atoms with van der Waals surface area (Å²) in [6.07, 6.45) is 0. The minimum atomic E-state index is -0.127. The van der Waals surface area contributed by atoms with E-state index < -0.39 is 0 Å². The topological polar surface area (TPSA) is 9.23 Å². The van der Waals surface area contributed by atoms with Crippen molar-refractivity contribution in [1.29, 1.82) is 0 Å². The molecule has 0 saturated carbocycles. The molecule has 58 valence electrons. The molecule has 0 bridgehead atoms. The van der Waals surface area contributed by atoms with Gasteiger partial charge in [-0.3, -0.25) is 0 Å². The molecule has 2 rings (SSSR count). The normalized spacial score (nSPS) is 15.1. The maximum Gasteiger partial charge on any atom is 0.129 e. The molecule has 0 radical (unpaired) electrons. The van der Waals surface area contributed by atoms with Crippen LogP contribution in [0.2, 0.25) is 0 Å². The van der Waals surface area contributed by atoms with Crippen molar-refractivity contribution in [2.75, 3.05) is 0 Å². The first-order valence-corrected chi connectivity index (χ1v) is 3.63. The van der Waals surface area contributed by atoms with Gasteiger partial charge in [-0.05, 0) is 24.1 Å².